The van der Waals surface area contributed by atoms with Gasteiger partial charge in [0.1, 0.15) is 6.10 Å². The van der Waals surface area contributed by atoms with Crippen LogP contribution in [0, 0.1) is 5.92 Å². The van der Waals surface area contributed by atoms with Crippen molar-refractivity contribution in [1.29, 1.82) is 0 Å². The molecular weight excluding hydrogens is 268 g/mol. The Labute approximate surface area is 105 Å². The molecule has 1 aliphatic carbocycles. The van der Waals surface area contributed by atoms with Gasteiger partial charge >= 0.3 is 6.01 Å². The van der Waals surface area contributed by atoms with Crippen molar-refractivity contribution in [3.63, 3.8) is 0 Å². The second-order valence-electron chi connectivity index (χ2n) is 4.36. The minimum Gasteiger partial charge on any atom is -0.460 e. The predicted octanol–water partition coefficient (Wildman–Crippen LogP) is 3.59. The van der Waals surface area contributed by atoms with E-state index >= 15 is 0 Å². The molecule has 3 nitrogen and oxygen atoms in total. The van der Waals surface area contributed by atoms with Gasteiger partial charge in [0.25, 0.3) is 0 Å². The highest BCUT2D eigenvalue weighted by Crippen LogP contribution is 2.28. The smallest absolute Gasteiger partial charge is 0.316 e. The number of rotatable bonds is 3. The van der Waals surface area contributed by atoms with Crippen LogP contribution in [0.3, 0.4) is 0 Å². The van der Waals surface area contributed by atoms with E-state index in [0.29, 0.717) is 12.1 Å². The third-order valence-corrected chi connectivity index (χ3v) is 3.59. The lowest BCUT2D eigenvalue weighted by atomic mass is 9.86. The van der Waals surface area contributed by atoms with Crippen molar-refractivity contribution >= 4 is 15.9 Å². The summed E-state index contributed by atoms with van der Waals surface area (Å²) in [6, 6.07) is 0.505. The van der Waals surface area contributed by atoms with Crippen LogP contribution < -0.4 is 4.74 Å². The van der Waals surface area contributed by atoms with Crippen LogP contribution in [0.15, 0.2) is 16.9 Å². The standard InChI is InChI=1S/C12H17BrN2O/c1-2-9-4-3-5-11(6-9)16-12-14-7-10(13)8-15-12/h7-9,11H,2-6H2,1H3. The van der Waals surface area contributed by atoms with Gasteiger partial charge in [0.15, 0.2) is 0 Å². The summed E-state index contributed by atoms with van der Waals surface area (Å²) in [5.41, 5.74) is 0. The van der Waals surface area contributed by atoms with E-state index in [4.69, 9.17) is 4.74 Å². The molecule has 1 saturated carbocycles. The highest BCUT2D eigenvalue weighted by Gasteiger charge is 2.22. The van der Waals surface area contributed by atoms with Crippen molar-refractivity contribution in [3.8, 4) is 6.01 Å². The van der Waals surface area contributed by atoms with Crippen molar-refractivity contribution in [1.82, 2.24) is 9.97 Å². The van der Waals surface area contributed by atoms with Crippen molar-refractivity contribution in [3.05, 3.63) is 16.9 Å². The summed E-state index contributed by atoms with van der Waals surface area (Å²) < 4.78 is 6.68. The molecule has 0 aromatic carbocycles. The molecule has 88 valence electrons. The average Bonchev–Trinajstić information content (AvgIpc) is 2.32. The second kappa shape index (κ2) is 5.62. The summed E-state index contributed by atoms with van der Waals surface area (Å²) in [5.74, 6) is 0.814. The Balaban J connectivity index is 1.91. The van der Waals surface area contributed by atoms with Gasteiger partial charge in [-0.3, -0.25) is 0 Å². The van der Waals surface area contributed by atoms with Crippen molar-refractivity contribution in [2.75, 3.05) is 0 Å². The SMILES string of the molecule is CCC1CCCC(Oc2ncc(Br)cn2)C1. The molecule has 0 bridgehead atoms. The quantitative estimate of drug-likeness (QED) is 0.851. The van der Waals surface area contributed by atoms with Gasteiger partial charge in [0, 0.05) is 12.4 Å². The van der Waals surface area contributed by atoms with Crippen LogP contribution in [-0.4, -0.2) is 16.1 Å². The first-order valence-corrected chi connectivity index (χ1v) is 6.71. The van der Waals surface area contributed by atoms with E-state index in [2.05, 4.69) is 32.8 Å². The fourth-order valence-corrected chi connectivity index (χ4v) is 2.43. The number of ether oxygens (including phenoxy) is 1. The lowest BCUT2D eigenvalue weighted by Crippen LogP contribution is -2.25. The molecule has 0 spiro atoms. The summed E-state index contributed by atoms with van der Waals surface area (Å²) in [6.45, 7) is 2.25. The Morgan fingerprint density at radius 2 is 2.12 bits per heavy atom. The molecular formula is C12H17BrN2O. The monoisotopic (exact) mass is 284 g/mol. The van der Waals surface area contributed by atoms with E-state index in [9.17, 15) is 0 Å². The summed E-state index contributed by atoms with van der Waals surface area (Å²) in [6.07, 6.45) is 9.90. The normalized spacial score (nSPS) is 25.4. The zero-order valence-corrected chi connectivity index (χ0v) is 11.1. The molecule has 4 heteroatoms. The molecule has 0 N–H and O–H groups in total. The molecule has 0 saturated heterocycles. The summed E-state index contributed by atoms with van der Waals surface area (Å²) in [4.78, 5) is 8.29. The molecule has 1 aliphatic rings. The first kappa shape index (κ1) is 11.8. The molecule has 2 rings (SSSR count). The topological polar surface area (TPSA) is 35.0 Å². The van der Waals surface area contributed by atoms with Gasteiger partial charge in [-0.2, -0.15) is 0 Å². The maximum Gasteiger partial charge on any atom is 0.316 e. The van der Waals surface area contributed by atoms with E-state index in [-0.39, 0.29) is 0 Å². The molecule has 0 amide bonds. The zero-order chi connectivity index (χ0) is 11.4. The molecule has 0 radical (unpaired) electrons. The van der Waals surface area contributed by atoms with E-state index < -0.39 is 0 Å². The molecule has 1 aromatic heterocycles. The zero-order valence-electron chi connectivity index (χ0n) is 9.53. The number of halogens is 1. The lowest BCUT2D eigenvalue weighted by Gasteiger charge is -2.27. The van der Waals surface area contributed by atoms with Gasteiger partial charge in [0.2, 0.25) is 0 Å². The first-order valence-electron chi connectivity index (χ1n) is 5.92. The number of hydrogen-bond acceptors (Lipinski definition) is 3. The van der Waals surface area contributed by atoms with Crippen molar-refractivity contribution < 1.29 is 4.74 Å². The van der Waals surface area contributed by atoms with Gasteiger partial charge in [-0.15, -0.1) is 0 Å². The Bertz CT molecular complexity index is 328. The molecule has 0 aliphatic heterocycles. The number of nitrogens with zero attached hydrogens (tertiary/aromatic N) is 2. The Morgan fingerprint density at radius 3 is 2.81 bits per heavy atom. The van der Waals surface area contributed by atoms with E-state index in [1.165, 1.54) is 19.3 Å². The van der Waals surface area contributed by atoms with Crippen LogP contribution >= 0.6 is 15.9 Å². The van der Waals surface area contributed by atoms with Gasteiger partial charge in [-0.05, 0) is 41.1 Å². The first-order chi connectivity index (χ1) is 7.78. The summed E-state index contributed by atoms with van der Waals surface area (Å²) in [7, 11) is 0. The second-order valence-corrected chi connectivity index (χ2v) is 5.28. The van der Waals surface area contributed by atoms with Gasteiger partial charge in [-0.25, -0.2) is 9.97 Å². The molecule has 2 unspecified atom stereocenters. The summed E-state index contributed by atoms with van der Waals surface area (Å²) in [5, 5.41) is 0. The minimum absolute atomic E-state index is 0.305. The van der Waals surface area contributed by atoms with E-state index in [0.717, 1.165) is 23.2 Å². The fraction of sp³-hybridized carbons (Fsp3) is 0.667. The Hall–Kier alpha value is -0.640. The van der Waals surface area contributed by atoms with Crippen LogP contribution in [0.2, 0.25) is 0 Å². The molecule has 1 aromatic rings. The minimum atomic E-state index is 0.305. The molecule has 2 atom stereocenters. The lowest BCUT2D eigenvalue weighted by molar-refractivity contribution is 0.111. The third kappa shape index (κ3) is 3.17. The Morgan fingerprint density at radius 1 is 1.38 bits per heavy atom. The molecule has 1 fully saturated rings. The van der Waals surface area contributed by atoms with Crippen LogP contribution in [-0.2, 0) is 0 Å². The Kier molecular flexibility index (Phi) is 4.16. The van der Waals surface area contributed by atoms with Gasteiger partial charge in [-0.1, -0.05) is 19.8 Å². The molecule has 1 heterocycles. The summed E-state index contributed by atoms with van der Waals surface area (Å²) >= 11 is 3.31. The predicted molar refractivity (Wildman–Crippen MR) is 66.4 cm³/mol. The maximum atomic E-state index is 5.80. The highest BCUT2D eigenvalue weighted by molar-refractivity contribution is 9.10. The highest BCUT2D eigenvalue weighted by atomic mass is 79.9. The van der Waals surface area contributed by atoms with Crippen molar-refractivity contribution in [2.24, 2.45) is 5.92 Å². The van der Waals surface area contributed by atoms with Crippen LogP contribution in [0.25, 0.3) is 0 Å². The average molecular weight is 285 g/mol. The van der Waals surface area contributed by atoms with E-state index in [1.54, 1.807) is 12.4 Å². The van der Waals surface area contributed by atoms with Gasteiger partial charge in [0.05, 0.1) is 4.47 Å². The van der Waals surface area contributed by atoms with Crippen LogP contribution in [0.4, 0.5) is 0 Å². The third-order valence-electron chi connectivity index (χ3n) is 3.18. The molecule has 16 heavy (non-hydrogen) atoms. The van der Waals surface area contributed by atoms with Crippen LogP contribution in [0.1, 0.15) is 39.0 Å². The number of hydrogen-bond donors (Lipinski definition) is 0. The van der Waals surface area contributed by atoms with Gasteiger partial charge < -0.3 is 4.74 Å². The number of aromatic nitrogens is 2. The fourth-order valence-electron chi connectivity index (χ4n) is 2.23. The maximum absolute atomic E-state index is 5.80. The largest absolute Gasteiger partial charge is 0.460 e. The van der Waals surface area contributed by atoms with Crippen molar-refractivity contribution in [2.45, 2.75) is 45.1 Å². The van der Waals surface area contributed by atoms with E-state index in [1.807, 2.05) is 0 Å². The van der Waals surface area contributed by atoms with Crippen LogP contribution in [0.5, 0.6) is 6.01 Å².